The van der Waals surface area contributed by atoms with Crippen molar-refractivity contribution in [1.29, 1.82) is 0 Å². The lowest BCUT2D eigenvalue weighted by Crippen LogP contribution is -2.19. The summed E-state index contributed by atoms with van der Waals surface area (Å²) in [5.41, 5.74) is 1.36. The van der Waals surface area contributed by atoms with E-state index in [1.807, 2.05) is 32.9 Å². The molecule has 0 atom stereocenters. The Morgan fingerprint density at radius 2 is 2.08 bits per heavy atom. The van der Waals surface area contributed by atoms with Gasteiger partial charge < -0.3 is 9.84 Å². The van der Waals surface area contributed by atoms with Gasteiger partial charge in [0.2, 0.25) is 0 Å². The van der Waals surface area contributed by atoms with Crippen LogP contribution in [-0.2, 0) is 19.7 Å². The number of esters is 1. The average Bonchev–Trinajstić information content (AvgIpc) is 2.85. The van der Waals surface area contributed by atoms with Crippen molar-refractivity contribution >= 4 is 35.0 Å². The lowest BCUT2D eigenvalue weighted by atomic mass is 9.86. The first kappa shape index (κ1) is 18.7. The lowest BCUT2D eigenvalue weighted by Gasteiger charge is -2.20. The van der Waals surface area contributed by atoms with E-state index in [4.69, 9.17) is 0 Å². The number of amidine groups is 1. The molecule has 25 heavy (non-hydrogen) atoms. The highest BCUT2D eigenvalue weighted by atomic mass is 32.2. The van der Waals surface area contributed by atoms with E-state index < -0.39 is 11.9 Å². The summed E-state index contributed by atoms with van der Waals surface area (Å²) in [5, 5.41) is 20.6. The van der Waals surface area contributed by atoms with Crippen LogP contribution in [0.25, 0.3) is 0 Å². The molecule has 1 aliphatic heterocycles. The Morgan fingerprint density at radius 1 is 1.36 bits per heavy atom. The molecule has 7 nitrogen and oxygen atoms in total. The van der Waals surface area contributed by atoms with Crippen LogP contribution in [0.2, 0.25) is 0 Å². The van der Waals surface area contributed by atoms with Gasteiger partial charge in [0.1, 0.15) is 5.75 Å². The van der Waals surface area contributed by atoms with Crippen LogP contribution >= 0.6 is 11.8 Å². The molecule has 1 aromatic carbocycles. The van der Waals surface area contributed by atoms with Crippen molar-refractivity contribution in [3.05, 3.63) is 40.3 Å². The van der Waals surface area contributed by atoms with Gasteiger partial charge in [-0.25, -0.2) is 4.79 Å². The van der Waals surface area contributed by atoms with Gasteiger partial charge in [-0.05, 0) is 34.4 Å². The highest BCUT2D eigenvalue weighted by Crippen LogP contribution is 2.30. The fourth-order valence-electron chi connectivity index (χ4n) is 2.05. The molecule has 1 amide bonds. The molecule has 0 aliphatic carbocycles. The number of nitrogens with one attached hydrogen (secondary N) is 1. The maximum Gasteiger partial charge on any atom is 0.331 e. The Kier molecular flexibility index (Phi) is 5.63. The Balaban J connectivity index is 2.10. The van der Waals surface area contributed by atoms with Crippen LogP contribution in [0.4, 0.5) is 0 Å². The van der Waals surface area contributed by atoms with Gasteiger partial charge in [0.15, 0.2) is 5.17 Å². The number of rotatable bonds is 3. The summed E-state index contributed by atoms with van der Waals surface area (Å²) in [5.74, 6) is -0.857. The fraction of sp³-hybridized carbons (Fsp3) is 0.294. The first-order valence-electron chi connectivity index (χ1n) is 7.44. The van der Waals surface area contributed by atoms with Gasteiger partial charge in [0.05, 0.1) is 18.2 Å². The first-order valence-corrected chi connectivity index (χ1v) is 8.25. The molecule has 1 saturated heterocycles. The third-order valence-electron chi connectivity index (χ3n) is 3.29. The molecule has 1 fully saturated rings. The molecule has 0 aromatic heterocycles. The van der Waals surface area contributed by atoms with Crippen molar-refractivity contribution in [3.8, 4) is 5.75 Å². The predicted molar refractivity (Wildman–Crippen MR) is 97.7 cm³/mol. The summed E-state index contributed by atoms with van der Waals surface area (Å²) >= 11 is 0.993. The Hall–Kier alpha value is -2.61. The summed E-state index contributed by atoms with van der Waals surface area (Å²) in [6.07, 6.45) is 2.56. The molecule has 132 valence electrons. The van der Waals surface area contributed by atoms with E-state index >= 15 is 0 Å². The second-order valence-electron chi connectivity index (χ2n) is 6.26. The second kappa shape index (κ2) is 7.52. The van der Waals surface area contributed by atoms with Crippen LogP contribution in [0.1, 0.15) is 31.9 Å². The molecule has 0 bridgehead atoms. The van der Waals surface area contributed by atoms with Crippen molar-refractivity contribution in [2.75, 3.05) is 7.11 Å². The minimum absolute atomic E-state index is 0.160. The summed E-state index contributed by atoms with van der Waals surface area (Å²) in [6, 6.07) is 5.27. The normalized spacial score (nSPS) is 18.2. The van der Waals surface area contributed by atoms with Crippen molar-refractivity contribution in [1.82, 2.24) is 5.32 Å². The molecule has 1 heterocycles. The molecule has 0 saturated carbocycles. The number of thioether (sulfide) groups is 1. The number of nitrogens with zero attached hydrogens (tertiary/aromatic N) is 2. The van der Waals surface area contributed by atoms with Crippen LogP contribution in [0.5, 0.6) is 5.75 Å². The van der Waals surface area contributed by atoms with Crippen LogP contribution in [0, 0.1) is 0 Å². The third-order valence-corrected chi connectivity index (χ3v) is 4.19. The molecular weight excluding hydrogens is 342 g/mol. The van der Waals surface area contributed by atoms with Gasteiger partial charge >= 0.3 is 5.97 Å². The molecule has 0 radical (unpaired) electrons. The lowest BCUT2D eigenvalue weighted by molar-refractivity contribution is -0.135. The van der Waals surface area contributed by atoms with E-state index in [0.29, 0.717) is 5.56 Å². The molecule has 8 heteroatoms. The number of carbonyl (C=O) groups excluding carboxylic acids is 2. The van der Waals surface area contributed by atoms with E-state index in [1.165, 1.54) is 13.3 Å². The van der Waals surface area contributed by atoms with Gasteiger partial charge in [-0.3, -0.25) is 10.1 Å². The summed E-state index contributed by atoms with van der Waals surface area (Å²) in [4.78, 5) is 23.0. The van der Waals surface area contributed by atoms with E-state index in [2.05, 4.69) is 20.3 Å². The van der Waals surface area contributed by atoms with Crippen molar-refractivity contribution in [2.24, 2.45) is 10.2 Å². The number of methoxy groups -OCH3 is 1. The van der Waals surface area contributed by atoms with Crippen LogP contribution < -0.4 is 5.32 Å². The summed E-state index contributed by atoms with van der Waals surface area (Å²) in [6.45, 7) is 6.05. The number of amides is 1. The highest BCUT2D eigenvalue weighted by molar-refractivity contribution is 8.18. The van der Waals surface area contributed by atoms with Gasteiger partial charge in [-0.2, -0.15) is 5.10 Å². The van der Waals surface area contributed by atoms with Crippen LogP contribution in [0.3, 0.4) is 0 Å². The zero-order chi connectivity index (χ0) is 18.6. The quantitative estimate of drug-likeness (QED) is 0.372. The zero-order valence-corrected chi connectivity index (χ0v) is 15.2. The Labute approximate surface area is 149 Å². The maximum atomic E-state index is 11.7. The minimum Gasteiger partial charge on any atom is -0.508 e. The van der Waals surface area contributed by atoms with Crippen LogP contribution in [-0.4, -0.2) is 35.5 Å². The SMILES string of the molecule is COC(=O)/C=C1/S/C(=N\N=Cc2ccc(C(C)(C)C)c(O)c2)NC1=O. The number of phenols is 1. The molecule has 2 rings (SSSR count). The standard InChI is InChI=1S/C17H19N3O4S/c1-17(2,3)11-6-5-10(7-12(11)21)9-18-20-16-19-15(23)13(25-16)8-14(22)24-4/h5-9,21H,1-4H3,(H,19,20,23)/b13-8+,18-9?. The Bertz CT molecular complexity index is 792. The first-order chi connectivity index (χ1) is 11.7. The molecular formula is C17H19N3O4S. The zero-order valence-electron chi connectivity index (χ0n) is 14.4. The molecule has 1 aromatic rings. The topological polar surface area (TPSA) is 100 Å². The summed E-state index contributed by atoms with van der Waals surface area (Å²) < 4.78 is 4.48. The van der Waals surface area contributed by atoms with Gasteiger partial charge in [-0.15, -0.1) is 5.10 Å². The van der Waals surface area contributed by atoms with E-state index in [1.54, 1.807) is 6.07 Å². The highest BCUT2D eigenvalue weighted by Gasteiger charge is 2.25. The third kappa shape index (κ3) is 4.93. The number of phenolic OH excluding ortho intramolecular Hbond substituents is 1. The minimum atomic E-state index is -0.614. The number of benzene rings is 1. The second-order valence-corrected chi connectivity index (χ2v) is 7.29. The predicted octanol–water partition coefficient (Wildman–Crippen LogP) is 2.30. The van der Waals surface area contributed by atoms with E-state index in [-0.39, 0.29) is 21.2 Å². The average molecular weight is 361 g/mol. The summed E-state index contributed by atoms with van der Waals surface area (Å²) in [7, 11) is 1.23. The maximum absolute atomic E-state index is 11.7. The monoisotopic (exact) mass is 361 g/mol. The number of hydrogen-bond acceptors (Lipinski definition) is 7. The number of aromatic hydroxyl groups is 1. The molecule has 0 unspecified atom stereocenters. The Morgan fingerprint density at radius 3 is 2.68 bits per heavy atom. The van der Waals surface area contributed by atoms with Crippen molar-refractivity contribution < 1.29 is 19.4 Å². The van der Waals surface area contributed by atoms with Gasteiger partial charge in [0.25, 0.3) is 5.91 Å². The van der Waals surface area contributed by atoms with Gasteiger partial charge in [-0.1, -0.05) is 32.9 Å². The van der Waals surface area contributed by atoms with Gasteiger partial charge in [0, 0.05) is 6.08 Å². The van der Waals surface area contributed by atoms with E-state index in [9.17, 15) is 14.7 Å². The molecule has 0 spiro atoms. The number of ether oxygens (including phenoxy) is 1. The largest absolute Gasteiger partial charge is 0.508 e. The smallest absolute Gasteiger partial charge is 0.331 e. The fourth-order valence-corrected chi connectivity index (χ4v) is 2.79. The number of hydrogen-bond donors (Lipinski definition) is 2. The van der Waals surface area contributed by atoms with E-state index in [0.717, 1.165) is 23.4 Å². The van der Waals surface area contributed by atoms with Crippen LogP contribution in [0.15, 0.2) is 39.4 Å². The molecule has 1 aliphatic rings. The van der Waals surface area contributed by atoms with Crippen molar-refractivity contribution in [2.45, 2.75) is 26.2 Å². The molecule has 2 N–H and O–H groups in total. The number of carbonyl (C=O) groups is 2. The van der Waals surface area contributed by atoms with Crippen molar-refractivity contribution in [3.63, 3.8) is 0 Å².